The van der Waals surface area contributed by atoms with Gasteiger partial charge in [0, 0.05) is 23.4 Å². The highest BCUT2D eigenvalue weighted by molar-refractivity contribution is 5.55. The predicted molar refractivity (Wildman–Crippen MR) is 82.1 cm³/mol. The van der Waals surface area contributed by atoms with Crippen molar-refractivity contribution in [2.75, 3.05) is 5.32 Å². The smallest absolute Gasteiger partial charge is 0.274 e. The van der Waals surface area contributed by atoms with Gasteiger partial charge in [-0.25, -0.2) is 0 Å². The summed E-state index contributed by atoms with van der Waals surface area (Å²) in [6.45, 7) is 6.51. The zero-order chi connectivity index (χ0) is 14.7. The molecule has 0 aromatic heterocycles. The molecular weight excluding hydrogens is 252 g/mol. The Morgan fingerprint density at radius 3 is 2.45 bits per heavy atom. The van der Waals surface area contributed by atoms with Crippen LogP contribution in [-0.4, -0.2) is 11.0 Å². The first kappa shape index (κ1) is 14.8. The van der Waals surface area contributed by atoms with Crippen molar-refractivity contribution in [1.82, 2.24) is 0 Å². The molecule has 0 bridgehead atoms. The molecule has 2 rings (SSSR count). The van der Waals surface area contributed by atoms with Gasteiger partial charge in [-0.2, -0.15) is 0 Å². The minimum Gasteiger partial charge on any atom is -0.382 e. The first-order chi connectivity index (χ1) is 9.49. The number of hydrogen-bond donors (Lipinski definition) is 1. The molecule has 1 aromatic carbocycles. The Kier molecular flexibility index (Phi) is 4.63. The van der Waals surface area contributed by atoms with Gasteiger partial charge in [0.1, 0.15) is 0 Å². The van der Waals surface area contributed by atoms with Crippen molar-refractivity contribution in [3.05, 3.63) is 33.9 Å². The molecule has 0 aliphatic heterocycles. The predicted octanol–water partition coefficient (Wildman–Crippen LogP) is 4.39. The fourth-order valence-electron chi connectivity index (χ4n) is 3.42. The zero-order valence-corrected chi connectivity index (χ0v) is 12.6. The number of hydrogen-bond acceptors (Lipinski definition) is 3. The van der Waals surface area contributed by atoms with Gasteiger partial charge in [0.2, 0.25) is 0 Å². The molecule has 2 unspecified atom stereocenters. The summed E-state index contributed by atoms with van der Waals surface area (Å²) in [5.41, 5.74) is 1.90. The SMILES string of the molecule is CCc1ccc(NC2CC(C)CC(C)C2)cc1[N+](=O)[O-]. The van der Waals surface area contributed by atoms with Crippen molar-refractivity contribution in [1.29, 1.82) is 0 Å². The summed E-state index contributed by atoms with van der Waals surface area (Å²) >= 11 is 0. The van der Waals surface area contributed by atoms with Crippen molar-refractivity contribution < 1.29 is 4.92 Å². The van der Waals surface area contributed by atoms with E-state index in [0.29, 0.717) is 12.5 Å². The van der Waals surface area contributed by atoms with Crippen molar-refractivity contribution in [3.63, 3.8) is 0 Å². The molecule has 1 saturated carbocycles. The van der Waals surface area contributed by atoms with E-state index in [2.05, 4.69) is 19.2 Å². The highest BCUT2D eigenvalue weighted by atomic mass is 16.6. The van der Waals surface area contributed by atoms with Crippen molar-refractivity contribution in [3.8, 4) is 0 Å². The Morgan fingerprint density at radius 1 is 1.25 bits per heavy atom. The van der Waals surface area contributed by atoms with Crippen LogP contribution < -0.4 is 5.32 Å². The number of rotatable bonds is 4. The lowest BCUT2D eigenvalue weighted by atomic mass is 9.80. The Labute approximate surface area is 120 Å². The molecule has 0 heterocycles. The summed E-state index contributed by atoms with van der Waals surface area (Å²) in [6.07, 6.45) is 4.27. The van der Waals surface area contributed by atoms with Crippen LogP contribution in [0.25, 0.3) is 0 Å². The average Bonchev–Trinajstić information content (AvgIpc) is 2.37. The van der Waals surface area contributed by atoms with Crippen LogP contribution in [0.4, 0.5) is 11.4 Å². The lowest BCUT2D eigenvalue weighted by Gasteiger charge is -2.32. The van der Waals surface area contributed by atoms with E-state index in [1.165, 1.54) is 6.42 Å². The largest absolute Gasteiger partial charge is 0.382 e. The van der Waals surface area contributed by atoms with Crippen LogP contribution in [-0.2, 0) is 6.42 Å². The highest BCUT2D eigenvalue weighted by Gasteiger charge is 2.24. The number of nitrogens with zero attached hydrogens (tertiary/aromatic N) is 1. The van der Waals surface area contributed by atoms with Gasteiger partial charge < -0.3 is 5.32 Å². The third kappa shape index (κ3) is 3.50. The third-order valence-corrected chi connectivity index (χ3v) is 4.21. The lowest BCUT2D eigenvalue weighted by Crippen LogP contribution is -2.30. The standard InChI is InChI=1S/C16H24N2O2/c1-4-13-5-6-14(10-16(13)18(19)20)17-15-8-11(2)7-12(3)9-15/h5-6,10-12,15,17H,4,7-9H2,1-3H3. The van der Waals surface area contributed by atoms with Gasteiger partial charge in [-0.3, -0.25) is 10.1 Å². The van der Waals surface area contributed by atoms with Gasteiger partial charge >= 0.3 is 0 Å². The van der Waals surface area contributed by atoms with E-state index in [-0.39, 0.29) is 10.6 Å². The molecule has 4 nitrogen and oxygen atoms in total. The highest BCUT2D eigenvalue weighted by Crippen LogP contribution is 2.31. The summed E-state index contributed by atoms with van der Waals surface area (Å²) in [6, 6.07) is 5.95. The third-order valence-electron chi connectivity index (χ3n) is 4.21. The summed E-state index contributed by atoms with van der Waals surface area (Å²) < 4.78 is 0. The Hall–Kier alpha value is -1.58. The second kappa shape index (κ2) is 6.25. The Morgan fingerprint density at radius 2 is 1.90 bits per heavy atom. The number of aryl methyl sites for hydroxylation is 1. The molecule has 0 radical (unpaired) electrons. The van der Waals surface area contributed by atoms with Crippen LogP contribution >= 0.6 is 0 Å². The molecular formula is C16H24N2O2. The summed E-state index contributed by atoms with van der Waals surface area (Å²) in [5, 5.41) is 14.6. The zero-order valence-electron chi connectivity index (χ0n) is 12.6. The number of nitro benzene ring substituents is 1. The molecule has 0 amide bonds. The van der Waals surface area contributed by atoms with Crippen LogP contribution in [0.1, 0.15) is 45.6 Å². The number of benzene rings is 1. The molecule has 0 spiro atoms. The first-order valence-corrected chi connectivity index (χ1v) is 7.53. The van der Waals surface area contributed by atoms with Crippen molar-refractivity contribution in [2.45, 2.75) is 52.5 Å². The van der Waals surface area contributed by atoms with E-state index in [4.69, 9.17) is 0 Å². The number of nitrogens with one attached hydrogen (secondary N) is 1. The minimum atomic E-state index is -0.282. The van der Waals surface area contributed by atoms with Crippen molar-refractivity contribution in [2.24, 2.45) is 11.8 Å². The average molecular weight is 276 g/mol. The molecule has 4 heteroatoms. The van der Waals surface area contributed by atoms with Gasteiger partial charge in [0.25, 0.3) is 5.69 Å². The van der Waals surface area contributed by atoms with E-state index in [0.717, 1.165) is 35.9 Å². The van der Waals surface area contributed by atoms with E-state index < -0.39 is 0 Å². The maximum atomic E-state index is 11.1. The Balaban J connectivity index is 2.13. The lowest BCUT2D eigenvalue weighted by molar-refractivity contribution is -0.385. The molecule has 1 aliphatic carbocycles. The molecule has 0 saturated heterocycles. The monoisotopic (exact) mass is 276 g/mol. The molecule has 2 atom stereocenters. The van der Waals surface area contributed by atoms with Gasteiger partial charge in [-0.1, -0.05) is 26.8 Å². The summed E-state index contributed by atoms with van der Waals surface area (Å²) in [7, 11) is 0. The molecule has 110 valence electrons. The summed E-state index contributed by atoms with van der Waals surface area (Å²) in [4.78, 5) is 10.8. The number of nitro groups is 1. The summed E-state index contributed by atoms with van der Waals surface area (Å²) in [5.74, 6) is 1.45. The molecule has 1 aromatic rings. The second-order valence-electron chi connectivity index (χ2n) is 6.21. The van der Waals surface area contributed by atoms with Crippen LogP contribution in [0.5, 0.6) is 0 Å². The fraction of sp³-hybridized carbons (Fsp3) is 0.625. The molecule has 1 N–H and O–H groups in total. The minimum absolute atomic E-state index is 0.231. The first-order valence-electron chi connectivity index (χ1n) is 7.53. The van der Waals surface area contributed by atoms with E-state index >= 15 is 0 Å². The van der Waals surface area contributed by atoms with E-state index in [9.17, 15) is 10.1 Å². The normalized spacial score (nSPS) is 26.2. The fourth-order valence-corrected chi connectivity index (χ4v) is 3.42. The number of anilines is 1. The van der Waals surface area contributed by atoms with Crippen molar-refractivity contribution >= 4 is 11.4 Å². The van der Waals surface area contributed by atoms with E-state index in [1.807, 2.05) is 19.1 Å². The maximum Gasteiger partial charge on any atom is 0.274 e. The Bertz CT molecular complexity index is 477. The quantitative estimate of drug-likeness (QED) is 0.655. The van der Waals surface area contributed by atoms with Gasteiger partial charge in [0.15, 0.2) is 0 Å². The van der Waals surface area contributed by atoms with Crippen LogP contribution in [0, 0.1) is 22.0 Å². The second-order valence-corrected chi connectivity index (χ2v) is 6.21. The van der Waals surface area contributed by atoms with Crippen LogP contribution in [0.2, 0.25) is 0 Å². The molecule has 1 fully saturated rings. The van der Waals surface area contributed by atoms with E-state index in [1.54, 1.807) is 6.07 Å². The topological polar surface area (TPSA) is 55.2 Å². The van der Waals surface area contributed by atoms with Gasteiger partial charge in [-0.05, 0) is 43.6 Å². The van der Waals surface area contributed by atoms with Gasteiger partial charge in [-0.15, -0.1) is 0 Å². The maximum absolute atomic E-state index is 11.1. The van der Waals surface area contributed by atoms with Gasteiger partial charge in [0.05, 0.1) is 4.92 Å². The molecule has 1 aliphatic rings. The van der Waals surface area contributed by atoms with Crippen LogP contribution in [0.15, 0.2) is 18.2 Å². The van der Waals surface area contributed by atoms with Crippen LogP contribution in [0.3, 0.4) is 0 Å². The molecule has 20 heavy (non-hydrogen) atoms.